The minimum atomic E-state index is 0. The summed E-state index contributed by atoms with van der Waals surface area (Å²) < 4.78 is 0. The van der Waals surface area contributed by atoms with Gasteiger partial charge in [-0.05, 0) is 30.5 Å². The SMILES string of the molecule is CN=C(NCc1cc(N(C)C)nc2ccccc12)N1CCN(CC(=O)N2CCCC2)CC1.I. The van der Waals surface area contributed by atoms with Crippen LogP contribution in [0.3, 0.4) is 0 Å². The molecular weight excluding hydrogens is 529 g/mol. The molecule has 9 heteroatoms. The molecular formula is C24H36IN7O. The third kappa shape index (κ3) is 6.26. The number of hydrogen-bond acceptors (Lipinski definition) is 5. The van der Waals surface area contributed by atoms with Crippen molar-refractivity contribution in [1.29, 1.82) is 0 Å². The van der Waals surface area contributed by atoms with Crippen molar-refractivity contribution >= 4 is 52.6 Å². The second kappa shape index (κ2) is 11.8. The number of aromatic nitrogens is 1. The summed E-state index contributed by atoms with van der Waals surface area (Å²) in [5.41, 5.74) is 2.21. The van der Waals surface area contributed by atoms with Crippen LogP contribution in [0.25, 0.3) is 10.9 Å². The van der Waals surface area contributed by atoms with Crippen LogP contribution in [0.1, 0.15) is 18.4 Å². The van der Waals surface area contributed by atoms with Gasteiger partial charge in [0.15, 0.2) is 5.96 Å². The molecule has 2 fully saturated rings. The van der Waals surface area contributed by atoms with Crippen LogP contribution in [-0.2, 0) is 11.3 Å². The van der Waals surface area contributed by atoms with Gasteiger partial charge in [-0.15, -0.1) is 24.0 Å². The number of benzene rings is 1. The summed E-state index contributed by atoms with van der Waals surface area (Å²) in [6.07, 6.45) is 2.29. The van der Waals surface area contributed by atoms with Crippen LogP contribution >= 0.6 is 24.0 Å². The van der Waals surface area contributed by atoms with Gasteiger partial charge in [0.1, 0.15) is 5.82 Å². The van der Waals surface area contributed by atoms with Crippen LogP contribution in [0, 0.1) is 0 Å². The number of likely N-dealkylation sites (tertiary alicyclic amines) is 1. The molecule has 180 valence electrons. The van der Waals surface area contributed by atoms with Gasteiger partial charge in [-0.25, -0.2) is 4.98 Å². The first-order valence-electron chi connectivity index (χ1n) is 11.6. The topological polar surface area (TPSA) is 67.3 Å². The van der Waals surface area contributed by atoms with Crippen molar-refractivity contribution in [1.82, 2.24) is 25.0 Å². The van der Waals surface area contributed by atoms with Crippen molar-refractivity contribution in [2.45, 2.75) is 19.4 Å². The number of carbonyl (C=O) groups is 1. The molecule has 0 saturated carbocycles. The maximum Gasteiger partial charge on any atom is 0.236 e. The molecule has 0 unspecified atom stereocenters. The maximum atomic E-state index is 12.5. The first-order chi connectivity index (χ1) is 15.5. The van der Waals surface area contributed by atoms with E-state index in [4.69, 9.17) is 4.98 Å². The van der Waals surface area contributed by atoms with Gasteiger partial charge in [-0.1, -0.05) is 18.2 Å². The molecule has 0 bridgehead atoms. The van der Waals surface area contributed by atoms with E-state index in [9.17, 15) is 4.79 Å². The summed E-state index contributed by atoms with van der Waals surface area (Å²) in [4.78, 5) is 30.3. The largest absolute Gasteiger partial charge is 0.363 e. The average molecular weight is 566 g/mol. The van der Waals surface area contributed by atoms with Crippen LogP contribution in [-0.4, -0.2) is 98.5 Å². The average Bonchev–Trinajstić information content (AvgIpc) is 3.35. The van der Waals surface area contributed by atoms with Gasteiger partial charge in [0.25, 0.3) is 0 Å². The van der Waals surface area contributed by atoms with E-state index in [1.807, 2.05) is 37.0 Å². The number of nitrogens with one attached hydrogen (secondary N) is 1. The van der Waals surface area contributed by atoms with Crippen molar-refractivity contribution in [2.24, 2.45) is 4.99 Å². The number of rotatable bonds is 5. The minimum absolute atomic E-state index is 0. The monoisotopic (exact) mass is 565 g/mol. The zero-order chi connectivity index (χ0) is 22.5. The Balaban J connectivity index is 0.00000306. The second-order valence-corrected chi connectivity index (χ2v) is 8.80. The quantitative estimate of drug-likeness (QED) is 0.341. The Hall–Kier alpha value is -2.14. The highest BCUT2D eigenvalue weighted by molar-refractivity contribution is 14.0. The molecule has 2 saturated heterocycles. The lowest BCUT2D eigenvalue weighted by Gasteiger charge is -2.36. The second-order valence-electron chi connectivity index (χ2n) is 8.80. The van der Waals surface area contributed by atoms with E-state index >= 15 is 0 Å². The maximum absolute atomic E-state index is 12.5. The van der Waals surface area contributed by atoms with Gasteiger partial charge in [-0.2, -0.15) is 0 Å². The van der Waals surface area contributed by atoms with Crippen molar-refractivity contribution in [2.75, 3.05) is 71.9 Å². The Kier molecular flexibility index (Phi) is 9.13. The number of para-hydroxylation sites is 1. The van der Waals surface area contributed by atoms with Crippen molar-refractivity contribution in [3.8, 4) is 0 Å². The summed E-state index contributed by atoms with van der Waals surface area (Å²) >= 11 is 0. The molecule has 33 heavy (non-hydrogen) atoms. The molecule has 0 atom stereocenters. The number of amides is 1. The summed E-state index contributed by atoms with van der Waals surface area (Å²) in [6, 6.07) is 10.4. The number of anilines is 1. The predicted octanol–water partition coefficient (Wildman–Crippen LogP) is 2.23. The fourth-order valence-corrected chi connectivity index (χ4v) is 4.49. The summed E-state index contributed by atoms with van der Waals surface area (Å²) in [5, 5.41) is 4.71. The van der Waals surface area contributed by atoms with Gasteiger partial charge in [0.05, 0.1) is 12.1 Å². The molecule has 4 rings (SSSR count). The first kappa shape index (κ1) is 25.5. The van der Waals surface area contributed by atoms with Gasteiger partial charge < -0.3 is 20.0 Å². The highest BCUT2D eigenvalue weighted by Gasteiger charge is 2.24. The molecule has 1 aromatic carbocycles. The number of piperazine rings is 1. The smallest absolute Gasteiger partial charge is 0.236 e. The molecule has 0 spiro atoms. The van der Waals surface area contributed by atoms with Crippen LogP contribution in [0.15, 0.2) is 35.3 Å². The minimum Gasteiger partial charge on any atom is -0.363 e. The number of guanidine groups is 1. The Morgan fingerprint density at radius 3 is 2.42 bits per heavy atom. The number of aliphatic imine (C=N–C) groups is 1. The molecule has 1 aromatic heterocycles. The lowest BCUT2D eigenvalue weighted by molar-refractivity contribution is -0.131. The standard InChI is InChI=1S/C24H35N7O.HI/c1-25-24(31-14-12-29(13-15-31)18-23(32)30-10-6-7-11-30)26-17-19-16-22(28(2)3)27-21-9-5-4-8-20(19)21;/h4-5,8-9,16H,6-7,10-15,17-18H2,1-3H3,(H,25,26);1H. The molecule has 3 heterocycles. The third-order valence-electron chi connectivity index (χ3n) is 6.38. The van der Waals surface area contributed by atoms with E-state index in [2.05, 4.69) is 44.4 Å². The number of carbonyl (C=O) groups excluding carboxylic acids is 1. The Morgan fingerprint density at radius 1 is 1.06 bits per heavy atom. The van der Waals surface area contributed by atoms with Crippen molar-refractivity contribution in [3.63, 3.8) is 0 Å². The van der Waals surface area contributed by atoms with E-state index in [1.54, 1.807) is 0 Å². The summed E-state index contributed by atoms with van der Waals surface area (Å²) in [7, 11) is 5.86. The highest BCUT2D eigenvalue weighted by Crippen LogP contribution is 2.22. The predicted molar refractivity (Wildman–Crippen MR) is 146 cm³/mol. The van der Waals surface area contributed by atoms with Crippen molar-refractivity contribution in [3.05, 3.63) is 35.9 Å². The van der Waals surface area contributed by atoms with Crippen LogP contribution in [0.2, 0.25) is 0 Å². The molecule has 2 aromatic rings. The molecule has 8 nitrogen and oxygen atoms in total. The first-order valence-corrected chi connectivity index (χ1v) is 11.6. The van der Waals surface area contributed by atoms with E-state index in [0.29, 0.717) is 13.1 Å². The van der Waals surface area contributed by atoms with Gasteiger partial charge in [0.2, 0.25) is 5.91 Å². The van der Waals surface area contributed by atoms with Gasteiger partial charge >= 0.3 is 0 Å². The normalized spacial score (nSPS) is 17.2. The van der Waals surface area contributed by atoms with Crippen LogP contribution < -0.4 is 10.2 Å². The molecule has 0 aliphatic carbocycles. The molecule has 1 amide bonds. The number of hydrogen-bond donors (Lipinski definition) is 1. The number of fused-ring (bicyclic) bond motifs is 1. The van der Waals surface area contributed by atoms with E-state index in [0.717, 1.165) is 74.8 Å². The van der Waals surface area contributed by atoms with Crippen LogP contribution in [0.5, 0.6) is 0 Å². The Bertz CT molecular complexity index is 966. The molecule has 0 radical (unpaired) electrons. The fraction of sp³-hybridized carbons (Fsp3) is 0.542. The number of pyridine rings is 1. The van der Waals surface area contributed by atoms with Gasteiger partial charge in [0, 0.05) is 72.3 Å². The van der Waals surface area contributed by atoms with E-state index in [-0.39, 0.29) is 29.9 Å². The lowest BCUT2D eigenvalue weighted by Crippen LogP contribution is -2.54. The zero-order valence-corrected chi connectivity index (χ0v) is 22.3. The summed E-state index contributed by atoms with van der Waals surface area (Å²) in [6.45, 7) is 6.57. The van der Waals surface area contributed by atoms with Crippen molar-refractivity contribution < 1.29 is 4.79 Å². The Morgan fingerprint density at radius 2 is 1.76 bits per heavy atom. The van der Waals surface area contributed by atoms with E-state index < -0.39 is 0 Å². The molecule has 1 N–H and O–H groups in total. The van der Waals surface area contributed by atoms with Gasteiger partial charge in [-0.3, -0.25) is 14.7 Å². The number of halogens is 1. The third-order valence-corrected chi connectivity index (χ3v) is 6.38. The summed E-state index contributed by atoms with van der Waals surface area (Å²) in [5.74, 6) is 2.13. The van der Waals surface area contributed by atoms with Crippen LogP contribution in [0.4, 0.5) is 5.82 Å². The Labute approximate surface area is 214 Å². The lowest BCUT2D eigenvalue weighted by atomic mass is 10.1. The number of nitrogens with zero attached hydrogens (tertiary/aromatic N) is 6. The zero-order valence-electron chi connectivity index (χ0n) is 20.0. The molecule has 2 aliphatic rings. The molecule has 2 aliphatic heterocycles. The highest BCUT2D eigenvalue weighted by atomic mass is 127. The fourth-order valence-electron chi connectivity index (χ4n) is 4.49. The van der Waals surface area contributed by atoms with E-state index in [1.165, 1.54) is 5.56 Å².